The average Bonchev–Trinajstić information content (AvgIpc) is 3.19. The highest BCUT2D eigenvalue weighted by molar-refractivity contribution is 5.89. The molecule has 0 radical (unpaired) electrons. The number of benzene rings is 1. The van der Waals surface area contributed by atoms with Gasteiger partial charge in [0, 0.05) is 12.0 Å². The van der Waals surface area contributed by atoms with Crippen LogP contribution in [0.15, 0.2) is 43.0 Å². The lowest BCUT2D eigenvalue weighted by Crippen LogP contribution is -2.56. The summed E-state index contributed by atoms with van der Waals surface area (Å²) in [5.74, 6) is -0.973. The molecule has 1 amide bonds. The zero-order chi connectivity index (χ0) is 23.3. The summed E-state index contributed by atoms with van der Waals surface area (Å²) in [6.07, 6.45) is 7.35. The summed E-state index contributed by atoms with van der Waals surface area (Å²) in [7, 11) is 1.95. The van der Waals surface area contributed by atoms with E-state index < -0.39 is 17.7 Å². The van der Waals surface area contributed by atoms with Crippen LogP contribution in [0.5, 0.6) is 0 Å². The summed E-state index contributed by atoms with van der Waals surface area (Å²) in [4.78, 5) is 37.4. The average molecular weight is 454 g/mol. The molecule has 0 bridgehead atoms. The predicted molar refractivity (Wildman–Crippen MR) is 118 cm³/mol. The number of nitrogens with one attached hydrogen (secondary N) is 1. The Hall–Kier alpha value is -2.91. The van der Waals surface area contributed by atoms with Crippen LogP contribution in [0, 0.1) is 5.92 Å². The number of carbonyl (C=O) groups excluding carboxylic acids is 2. The van der Waals surface area contributed by atoms with Crippen LogP contribution in [-0.2, 0) is 19.9 Å². The fraction of sp³-hybridized carbons (Fsp3) is 0.542. The summed E-state index contributed by atoms with van der Waals surface area (Å²) >= 11 is 0. The SMILES string of the molecule is C[N+]1(CC(=O)Nc2ncncn2)CC[C@@H](OC(=O)C([O-])(c2ccccc2)C2CCCCC2)C1. The van der Waals surface area contributed by atoms with Crippen LogP contribution in [-0.4, -0.2) is 64.1 Å². The highest BCUT2D eigenvalue weighted by Gasteiger charge is 2.43. The first-order valence-electron chi connectivity index (χ1n) is 11.6. The maximum Gasteiger partial charge on any atom is 0.300 e. The molecule has 2 heterocycles. The van der Waals surface area contributed by atoms with Crippen LogP contribution in [0.1, 0.15) is 44.1 Å². The fourth-order valence-electron chi connectivity index (χ4n) is 5.14. The number of esters is 1. The van der Waals surface area contributed by atoms with E-state index in [2.05, 4.69) is 20.3 Å². The fourth-order valence-corrected chi connectivity index (χ4v) is 5.14. The minimum Gasteiger partial charge on any atom is -0.837 e. The molecule has 1 saturated carbocycles. The number of ether oxygens (including phenoxy) is 1. The number of rotatable bonds is 7. The number of carbonyl (C=O) groups is 2. The molecule has 1 aromatic carbocycles. The van der Waals surface area contributed by atoms with Gasteiger partial charge in [0.15, 0.2) is 12.6 Å². The number of quaternary nitrogens is 1. The lowest BCUT2D eigenvalue weighted by Gasteiger charge is -2.47. The van der Waals surface area contributed by atoms with Crippen molar-refractivity contribution < 1.29 is 23.9 Å². The number of amides is 1. The number of likely N-dealkylation sites (tertiary alicyclic amines) is 1. The predicted octanol–water partition coefficient (Wildman–Crippen LogP) is 1.41. The molecule has 9 nitrogen and oxygen atoms in total. The highest BCUT2D eigenvalue weighted by atomic mass is 16.6. The van der Waals surface area contributed by atoms with Gasteiger partial charge in [-0.25, -0.2) is 15.0 Å². The van der Waals surface area contributed by atoms with Crippen LogP contribution >= 0.6 is 0 Å². The Morgan fingerprint density at radius 3 is 2.52 bits per heavy atom. The van der Waals surface area contributed by atoms with Crippen molar-refractivity contribution in [1.82, 2.24) is 15.0 Å². The van der Waals surface area contributed by atoms with Crippen LogP contribution in [0.2, 0.25) is 0 Å². The first-order chi connectivity index (χ1) is 15.9. The molecule has 2 unspecified atom stereocenters. The number of likely N-dealkylation sites (N-methyl/N-ethyl adjacent to an activating group) is 1. The number of hydrogen-bond donors (Lipinski definition) is 1. The van der Waals surface area contributed by atoms with Gasteiger partial charge in [-0.3, -0.25) is 14.9 Å². The van der Waals surface area contributed by atoms with E-state index in [0.29, 0.717) is 29.6 Å². The second kappa shape index (κ2) is 9.93. The van der Waals surface area contributed by atoms with Crippen LogP contribution in [0.25, 0.3) is 0 Å². The van der Waals surface area contributed by atoms with Gasteiger partial charge >= 0.3 is 5.97 Å². The second-order valence-electron chi connectivity index (χ2n) is 9.45. The first-order valence-corrected chi connectivity index (χ1v) is 11.6. The van der Waals surface area contributed by atoms with Gasteiger partial charge in [-0.05, 0) is 11.5 Å². The van der Waals surface area contributed by atoms with Crippen molar-refractivity contribution in [1.29, 1.82) is 0 Å². The van der Waals surface area contributed by atoms with Gasteiger partial charge in [-0.1, -0.05) is 62.4 Å². The third-order valence-corrected chi connectivity index (χ3v) is 6.86. The molecule has 1 aliphatic heterocycles. The first kappa shape index (κ1) is 23.3. The van der Waals surface area contributed by atoms with E-state index >= 15 is 0 Å². The van der Waals surface area contributed by atoms with Crippen molar-refractivity contribution in [2.45, 2.75) is 50.2 Å². The summed E-state index contributed by atoms with van der Waals surface area (Å²) in [6, 6.07) is 8.92. The van der Waals surface area contributed by atoms with E-state index in [4.69, 9.17) is 4.74 Å². The largest absolute Gasteiger partial charge is 0.837 e. The summed E-state index contributed by atoms with van der Waals surface area (Å²) < 4.78 is 6.26. The Morgan fingerprint density at radius 1 is 1.12 bits per heavy atom. The summed E-state index contributed by atoms with van der Waals surface area (Å²) in [5.41, 5.74) is -1.42. The second-order valence-corrected chi connectivity index (χ2v) is 9.45. The Bertz CT molecular complexity index is 954. The van der Waals surface area contributed by atoms with Gasteiger partial charge in [0.2, 0.25) is 5.95 Å². The number of nitrogens with zero attached hydrogens (tertiary/aromatic N) is 4. The molecule has 1 saturated heterocycles. The third kappa shape index (κ3) is 5.36. The van der Waals surface area contributed by atoms with E-state index in [-0.39, 0.29) is 24.3 Å². The maximum atomic E-state index is 14.1. The molecular weight excluding hydrogens is 422 g/mol. The van der Waals surface area contributed by atoms with E-state index in [1.54, 1.807) is 24.3 Å². The van der Waals surface area contributed by atoms with Crippen LogP contribution in [0.3, 0.4) is 0 Å². The normalized spacial score (nSPS) is 25.2. The Balaban J connectivity index is 1.41. The lowest BCUT2D eigenvalue weighted by atomic mass is 9.73. The molecule has 1 aromatic heterocycles. The molecule has 2 aromatic rings. The summed E-state index contributed by atoms with van der Waals surface area (Å²) in [6.45, 7) is 1.35. The van der Waals surface area contributed by atoms with Gasteiger partial charge in [-0.2, -0.15) is 0 Å². The van der Waals surface area contributed by atoms with Crippen molar-refractivity contribution in [2.24, 2.45) is 5.92 Å². The van der Waals surface area contributed by atoms with Crippen molar-refractivity contribution in [2.75, 3.05) is 32.0 Å². The Morgan fingerprint density at radius 2 is 1.82 bits per heavy atom. The van der Waals surface area contributed by atoms with E-state index in [0.717, 1.165) is 32.1 Å². The van der Waals surface area contributed by atoms with Gasteiger partial charge in [0.1, 0.15) is 19.2 Å². The minimum atomic E-state index is -1.90. The molecule has 3 atom stereocenters. The lowest BCUT2D eigenvalue weighted by molar-refractivity contribution is -0.890. The van der Waals surface area contributed by atoms with Crippen LogP contribution in [0.4, 0.5) is 5.95 Å². The zero-order valence-electron chi connectivity index (χ0n) is 19.0. The zero-order valence-corrected chi connectivity index (χ0v) is 19.0. The minimum absolute atomic E-state index is 0.198. The molecule has 1 aliphatic carbocycles. The Labute approximate surface area is 193 Å². The third-order valence-electron chi connectivity index (χ3n) is 6.86. The van der Waals surface area contributed by atoms with Crippen molar-refractivity contribution >= 4 is 17.8 Å². The smallest absolute Gasteiger partial charge is 0.300 e. The molecular formula is C24H31N5O4. The van der Waals surface area contributed by atoms with Crippen molar-refractivity contribution in [3.05, 3.63) is 48.5 Å². The number of anilines is 1. The van der Waals surface area contributed by atoms with E-state index in [9.17, 15) is 14.7 Å². The molecule has 0 spiro atoms. The quantitative estimate of drug-likeness (QED) is 0.497. The number of aromatic nitrogens is 3. The molecule has 1 N–H and O–H groups in total. The van der Waals surface area contributed by atoms with Crippen molar-refractivity contribution in [3.8, 4) is 0 Å². The van der Waals surface area contributed by atoms with E-state index in [1.165, 1.54) is 12.7 Å². The molecule has 9 heteroatoms. The molecule has 2 aliphatic rings. The molecule has 2 fully saturated rings. The Kier molecular flexibility index (Phi) is 6.99. The molecule has 4 rings (SSSR count). The van der Waals surface area contributed by atoms with Gasteiger partial charge in [-0.15, -0.1) is 0 Å². The summed E-state index contributed by atoms with van der Waals surface area (Å²) in [5, 5.41) is 16.8. The molecule has 176 valence electrons. The van der Waals surface area contributed by atoms with Gasteiger partial charge in [0.25, 0.3) is 5.91 Å². The standard InChI is InChI=1S/C24H31N5O4/c1-29(15-21(30)28-23-26-16-25-17-27-23)13-12-20(14-29)33-22(31)24(32,18-8-4-2-5-9-18)19-10-6-3-7-11-19/h2,4-5,8-9,16-17,19-20H,3,6-7,10-15H2,1H3,(H,25,26,27,28,30)/t20-,24?,29?/m1/s1. The van der Waals surface area contributed by atoms with Gasteiger partial charge in [0.05, 0.1) is 13.6 Å². The molecule has 33 heavy (non-hydrogen) atoms. The van der Waals surface area contributed by atoms with E-state index in [1.807, 2.05) is 13.1 Å². The van der Waals surface area contributed by atoms with Crippen LogP contribution < -0.4 is 10.4 Å². The highest BCUT2D eigenvalue weighted by Crippen LogP contribution is 2.39. The topological polar surface area (TPSA) is 117 Å². The number of hydrogen-bond acceptors (Lipinski definition) is 7. The van der Waals surface area contributed by atoms with Gasteiger partial charge < -0.3 is 14.3 Å². The maximum absolute atomic E-state index is 14.1. The van der Waals surface area contributed by atoms with Crippen molar-refractivity contribution in [3.63, 3.8) is 0 Å². The monoisotopic (exact) mass is 453 g/mol.